The first-order chi connectivity index (χ1) is 18.8. The number of carbonyl (C=O) groups is 1. The normalized spacial score (nSPS) is 15.5. The molecule has 222 valence electrons. The van der Waals surface area contributed by atoms with Gasteiger partial charge in [-0.15, -0.1) is 0 Å². The van der Waals surface area contributed by atoms with Crippen LogP contribution in [0.2, 0.25) is 0 Å². The Morgan fingerprint density at radius 2 is 0.816 bits per heavy atom. The quantitative estimate of drug-likeness (QED) is 0.0899. The molecule has 3 nitrogen and oxygen atoms in total. The summed E-state index contributed by atoms with van der Waals surface area (Å²) in [6.45, 7) is 8.37. The largest absolute Gasteiger partial charge is 0.325 e. The van der Waals surface area contributed by atoms with Gasteiger partial charge in [0.2, 0.25) is 0 Å². The van der Waals surface area contributed by atoms with Crippen molar-refractivity contribution in [2.24, 2.45) is 0 Å². The van der Waals surface area contributed by atoms with Gasteiger partial charge < -0.3 is 9.80 Å². The molecule has 0 saturated carbocycles. The highest BCUT2D eigenvalue weighted by molar-refractivity contribution is 5.74. The summed E-state index contributed by atoms with van der Waals surface area (Å²) in [5.74, 6) is 0. The first-order valence-electron chi connectivity index (χ1n) is 17.1. The minimum Gasteiger partial charge on any atom is -0.325 e. The van der Waals surface area contributed by atoms with Crippen molar-refractivity contribution >= 4 is 6.03 Å². The third kappa shape index (κ3) is 20.7. The zero-order valence-corrected chi connectivity index (χ0v) is 25.9. The van der Waals surface area contributed by atoms with Crippen LogP contribution in [-0.4, -0.2) is 42.0 Å². The molecule has 0 aromatic rings. The highest BCUT2D eigenvalue weighted by Gasteiger charge is 2.21. The van der Waals surface area contributed by atoms with E-state index < -0.39 is 0 Å². The van der Waals surface area contributed by atoms with E-state index in [2.05, 4.69) is 48.0 Å². The Labute approximate surface area is 238 Å². The Balaban J connectivity index is 2.15. The number of hydrogen-bond donors (Lipinski definition) is 0. The lowest BCUT2D eigenvalue weighted by atomic mass is 10.1. The number of carbonyl (C=O) groups excluding carboxylic acids is 1. The minimum atomic E-state index is 0.330. The van der Waals surface area contributed by atoms with Crippen LogP contribution in [0, 0.1) is 0 Å². The van der Waals surface area contributed by atoms with Crippen molar-refractivity contribution in [2.45, 2.75) is 168 Å². The average Bonchev–Trinajstić information content (AvgIpc) is 3.01. The standard InChI is InChI=1S/C35H66N2O/c1-3-5-7-9-11-13-15-17-19-21-23-27-31-36-33-29-25-26-30-34-37(35(36)38)32-28-24-22-20-18-16-14-12-10-8-6-4-2/h9-12H,3-8,13-34H2,1-2H3. The van der Waals surface area contributed by atoms with Crippen molar-refractivity contribution < 1.29 is 4.79 Å². The topological polar surface area (TPSA) is 23.6 Å². The molecule has 0 N–H and O–H groups in total. The molecule has 1 aliphatic rings. The molecule has 1 aliphatic heterocycles. The number of hydrogen-bond acceptors (Lipinski definition) is 1. The lowest BCUT2D eigenvalue weighted by Crippen LogP contribution is -2.44. The van der Waals surface area contributed by atoms with E-state index in [0.29, 0.717) is 6.03 Å². The third-order valence-corrected chi connectivity index (χ3v) is 8.03. The Morgan fingerprint density at radius 3 is 1.21 bits per heavy atom. The fourth-order valence-electron chi connectivity index (χ4n) is 5.42. The molecule has 1 fully saturated rings. The van der Waals surface area contributed by atoms with Crippen LogP contribution >= 0.6 is 0 Å². The second-order valence-corrected chi connectivity index (χ2v) is 11.7. The fourth-order valence-corrected chi connectivity index (χ4v) is 5.42. The molecule has 0 radical (unpaired) electrons. The van der Waals surface area contributed by atoms with Gasteiger partial charge in [0.25, 0.3) is 0 Å². The molecular formula is C35H66N2O. The summed E-state index contributed by atoms with van der Waals surface area (Å²) in [6.07, 6.45) is 40.2. The SMILES string of the molecule is CCCCC=CCCCCCCCCN1CCCCCCN(CCCCCCCCC=CCCCC)C1=O. The van der Waals surface area contributed by atoms with E-state index in [9.17, 15) is 4.79 Å². The molecular weight excluding hydrogens is 464 g/mol. The Bertz CT molecular complexity index is 522. The van der Waals surface area contributed by atoms with E-state index in [1.54, 1.807) is 0 Å². The van der Waals surface area contributed by atoms with Crippen molar-refractivity contribution in [3.8, 4) is 0 Å². The second-order valence-electron chi connectivity index (χ2n) is 11.7. The number of allylic oxidation sites excluding steroid dienone is 4. The molecule has 3 heteroatoms. The van der Waals surface area contributed by atoms with E-state index in [4.69, 9.17) is 0 Å². The summed E-state index contributed by atoms with van der Waals surface area (Å²) in [6, 6.07) is 0.330. The summed E-state index contributed by atoms with van der Waals surface area (Å²) in [4.78, 5) is 17.7. The molecule has 0 atom stereocenters. The van der Waals surface area contributed by atoms with Gasteiger partial charge in [-0.1, -0.05) is 128 Å². The van der Waals surface area contributed by atoms with Crippen molar-refractivity contribution in [3.05, 3.63) is 24.3 Å². The van der Waals surface area contributed by atoms with Gasteiger partial charge in [-0.3, -0.25) is 0 Å². The van der Waals surface area contributed by atoms with Gasteiger partial charge >= 0.3 is 6.03 Å². The molecule has 38 heavy (non-hydrogen) atoms. The lowest BCUT2D eigenvalue weighted by Gasteiger charge is -2.30. The van der Waals surface area contributed by atoms with Crippen LogP contribution in [0.3, 0.4) is 0 Å². The van der Waals surface area contributed by atoms with Gasteiger partial charge in [0.15, 0.2) is 0 Å². The number of amides is 2. The van der Waals surface area contributed by atoms with E-state index in [1.165, 1.54) is 154 Å². The smallest absolute Gasteiger partial charge is 0.319 e. The van der Waals surface area contributed by atoms with Crippen LogP contribution in [0.25, 0.3) is 0 Å². The molecule has 0 aliphatic carbocycles. The zero-order chi connectivity index (χ0) is 27.4. The van der Waals surface area contributed by atoms with E-state index in [-0.39, 0.29) is 0 Å². The predicted octanol–water partition coefficient (Wildman–Crippen LogP) is 11.2. The number of urea groups is 1. The van der Waals surface area contributed by atoms with Crippen LogP contribution in [0.15, 0.2) is 24.3 Å². The van der Waals surface area contributed by atoms with E-state index in [1.807, 2.05) is 0 Å². The van der Waals surface area contributed by atoms with Crippen LogP contribution in [-0.2, 0) is 0 Å². The summed E-state index contributed by atoms with van der Waals surface area (Å²) >= 11 is 0. The van der Waals surface area contributed by atoms with Gasteiger partial charge in [0.1, 0.15) is 0 Å². The zero-order valence-electron chi connectivity index (χ0n) is 25.9. The molecule has 1 heterocycles. The number of nitrogens with zero attached hydrogens (tertiary/aromatic N) is 2. The maximum atomic E-state index is 13.4. The molecule has 2 amide bonds. The first kappa shape index (κ1) is 34.8. The van der Waals surface area contributed by atoms with Gasteiger partial charge in [0.05, 0.1) is 0 Å². The molecule has 1 rings (SSSR count). The van der Waals surface area contributed by atoms with Gasteiger partial charge in [-0.25, -0.2) is 4.79 Å². The summed E-state index contributed by atoms with van der Waals surface area (Å²) in [7, 11) is 0. The van der Waals surface area contributed by atoms with Gasteiger partial charge in [0, 0.05) is 26.2 Å². The highest BCUT2D eigenvalue weighted by Crippen LogP contribution is 2.15. The number of rotatable bonds is 24. The second kappa shape index (κ2) is 27.3. The third-order valence-electron chi connectivity index (χ3n) is 8.03. The van der Waals surface area contributed by atoms with Crippen LogP contribution in [0.4, 0.5) is 4.79 Å². The van der Waals surface area contributed by atoms with Crippen molar-refractivity contribution in [1.82, 2.24) is 9.80 Å². The summed E-state index contributed by atoms with van der Waals surface area (Å²) in [5, 5.41) is 0. The lowest BCUT2D eigenvalue weighted by molar-refractivity contribution is 0.152. The van der Waals surface area contributed by atoms with Crippen LogP contribution < -0.4 is 0 Å². The summed E-state index contributed by atoms with van der Waals surface area (Å²) < 4.78 is 0. The van der Waals surface area contributed by atoms with Crippen molar-refractivity contribution in [1.29, 1.82) is 0 Å². The highest BCUT2D eigenvalue weighted by atomic mass is 16.2. The molecule has 1 saturated heterocycles. The van der Waals surface area contributed by atoms with E-state index >= 15 is 0 Å². The monoisotopic (exact) mass is 531 g/mol. The van der Waals surface area contributed by atoms with Gasteiger partial charge in [-0.2, -0.15) is 0 Å². The molecule has 0 aromatic carbocycles. The van der Waals surface area contributed by atoms with Crippen LogP contribution in [0.5, 0.6) is 0 Å². The summed E-state index contributed by atoms with van der Waals surface area (Å²) in [5.41, 5.74) is 0. The maximum absolute atomic E-state index is 13.4. The molecule has 0 unspecified atom stereocenters. The molecule has 0 aromatic heterocycles. The minimum absolute atomic E-state index is 0.330. The average molecular weight is 531 g/mol. The number of unbranched alkanes of at least 4 members (excludes halogenated alkanes) is 16. The first-order valence-corrected chi connectivity index (χ1v) is 17.1. The van der Waals surface area contributed by atoms with Gasteiger partial charge in [-0.05, 0) is 64.2 Å². The Hall–Kier alpha value is -1.25. The Kier molecular flexibility index (Phi) is 25.0. The predicted molar refractivity (Wildman–Crippen MR) is 169 cm³/mol. The maximum Gasteiger partial charge on any atom is 0.319 e. The van der Waals surface area contributed by atoms with Crippen LogP contribution in [0.1, 0.15) is 168 Å². The Morgan fingerprint density at radius 1 is 0.474 bits per heavy atom. The molecule has 0 spiro atoms. The van der Waals surface area contributed by atoms with E-state index in [0.717, 1.165) is 26.2 Å². The van der Waals surface area contributed by atoms with Crippen molar-refractivity contribution in [3.63, 3.8) is 0 Å². The molecule has 0 bridgehead atoms. The van der Waals surface area contributed by atoms with Crippen molar-refractivity contribution in [2.75, 3.05) is 26.2 Å². The fraction of sp³-hybridized carbons (Fsp3) is 0.857.